The van der Waals surface area contributed by atoms with Crippen LogP contribution in [0.15, 0.2) is 28.8 Å². The summed E-state index contributed by atoms with van der Waals surface area (Å²) in [5.74, 6) is 2.44. The molecule has 0 atom stereocenters. The predicted octanol–water partition coefficient (Wildman–Crippen LogP) is 2.45. The highest BCUT2D eigenvalue weighted by Gasteiger charge is 2.06. The van der Waals surface area contributed by atoms with E-state index in [0.29, 0.717) is 18.1 Å². The number of thioether (sulfide) groups is 1. The van der Waals surface area contributed by atoms with Gasteiger partial charge in [-0.1, -0.05) is 24.2 Å². The summed E-state index contributed by atoms with van der Waals surface area (Å²) in [6, 6.07) is 6.77. The second kappa shape index (κ2) is 12.0. The van der Waals surface area contributed by atoms with Crippen LogP contribution in [0.4, 0.5) is 0 Å². The Hall–Kier alpha value is -1.57. The number of phenolic OH excluding ortho intramolecular Hbond substituents is 1. The summed E-state index contributed by atoms with van der Waals surface area (Å²) in [7, 11) is 5.63. The van der Waals surface area contributed by atoms with Crippen molar-refractivity contribution in [3.8, 4) is 17.1 Å². The number of phenols is 1. The first-order valence-corrected chi connectivity index (χ1v) is 8.29. The molecule has 2 aromatic rings. The van der Waals surface area contributed by atoms with Crippen molar-refractivity contribution in [1.29, 1.82) is 0 Å². The van der Waals surface area contributed by atoms with Gasteiger partial charge in [0.2, 0.25) is 11.7 Å². The molecule has 1 aromatic carbocycles. The molecule has 124 valence electrons. The molecule has 3 N–H and O–H groups in total. The summed E-state index contributed by atoms with van der Waals surface area (Å²) in [5, 5.41) is 13.1. The monoisotopic (exact) mass is 326 g/mol. The first kappa shape index (κ1) is 20.4. The minimum absolute atomic E-state index is 0.199. The highest BCUT2D eigenvalue weighted by Crippen LogP contribution is 2.20. The average molecular weight is 326 g/mol. The van der Waals surface area contributed by atoms with Crippen molar-refractivity contribution in [3.05, 3.63) is 30.2 Å². The molecular formula is C15H26N4O2S. The number of aryl methyl sites for hydroxylation is 1. The van der Waals surface area contributed by atoms with Crippen molar-refractivity contribution in [2.24, 2.45) is 5.73 Å². The van der Waals surface area contributed by atoms with Crippen LogP contribution in [0, 0.1) is 0 Å². The van der Waals surface area contributed by atoms with Gasteiger partial charge >= 0.3 is 0 Å². The molecule has 7 heteroatoms. The second-order valence-corrected chi connectivity index (χ2v) is 5.25. The Morgan fingerprint density at radius 1 is 1.32 bits per heavy atom. The van der Waals surface area contributed by atoms with E-state index in [1.165, 1.54) is 7.05 Å². The van der Waals surface area contributed by atoms with E-state index in [4.69, 9.17) is 4.52 Å². The quantitative estimate of drug-likeness (QED) is 0.834. The van der Waals surface area contributed by atoms with E-state index in [9.17, 15) is 5.11 Å². The topological polar surface area (TPSA) is 88.4 Å². The van der Waals surface area contributed by atoms with Gasteiger partial charge in [0.1, 0.15) is 5.75 Å². The number of aromatic hydroxyl groups is 1. The molecule has 0 unspecified atom stereocenters. The number of benzene rings is 1. The number of nitrogens with zero attached hydrogens (tertiary/aromatic N) is 3. The molecule has 1 heterocycles. The summed E-state index contributed by atoms with van der Waals surface area (Å²) < 4.78 is 4.97. The largest absolute Gasteiger partial charge is 0.508 e. The van der Waals surface area contributed by atoms with E-state index in [2.05, 4.69) is 41.1 Å². The van der Waals surface area contributed by atoms with Crippen molar-refractivity contribution in [3.63, 3.8) is 0 Å². The third-order valence-corrected chi connectivity index (χ3v) is 3.04. The molecule has 0 amide bonds. The summed E-state index contributed by atoms with van der Waals surface area (Å²) in [6.07, 6.45) is 2.81. The molecule has 0 saturated carbocycles. The highest BCUT2D eigenvalue weighted by atomic mass is 32.2. The van der Waals surface area contributed by atoms with Gasteiger partial charge in [0.15, 0.2) is 0 Å². The fourth-order valence-electron chi connectivity index (χ4n) is 1.42. The first-order chi connectivity index (χ1) is 10.6. The van der Waals surface area contributed by atoms with Crippen molar-refractivity contribution >= 4 is 11.8 Å². The molecule has 0 saturated heterocycles. The Kier molecular flexibility index (Phi) is 11.2. The van der Waals surface area contributed by atoms with Crippen LogP contribution in [0.25, 0.3) is 11.4 Å². The summed E-state index contributed by atoms with van der Waals surface area (Å²) in [5.41, 5.74) is 5.26. The van der Waals surface area contributed by atoms with Crippen LogP contribution in [0.2, 0.25) is 0 Å². The Bertz CT molecular complexity index is 518. The zero-order valence-electron chi connectivity index (χ0n) is 13.9. The smallest absolute Gasteiger partial charge is 0.226 e. The number of hydrogen-bond donors (Lipinski definition) is 2. The molecule has 6 nitrogen and oxygen atoms in total. The summed E-state index contributed by atoms with van der Waals surface area (Å²) in [6.45, 7) is 1.94. The summed E-state index contributed by atoms with van der Waals surface area (Å²) >= 11 is 1.84. The first-order valence-electron chi connectivity index (χ1n) is 6.90. The lowest BCUT2D eigenvalue weighted by atomic mass is 10.2. The number of aromatic nitrogens is 2. The third-order valence-electron chi connectivity index (χ3n) is 2.26. The molecule has 0 spiro atoms. The molecule has 1 aromatic heterocycles. The van der Waals surface area contributed by atoms with Crippen LogP contribution >= 0.6 is 11.8 Å². The summed E-state index contributed by atoms with van der Waals surface area (Å²) in [4.78, 5) is 6.29. The Labute approximate surface area is 136 Å². The lowest BCUT2D eigenvalue weighted by molar-refractivity contribution is 0.383. The lowest BCUT2D eigenvalue weighted by Gasteiger charge is -2.03. The molecule has 0 aliphatic heterocycles. The number of nitrogens with two attached hydrogens (primary N) is 1. The Morgan fingerprint density at radius 3 is 2.41 bits per heavy atom. The molecular weight excluding hydrogens is 300 g/mol. The van der Waals surface area contributed by atoms with Crippen LogP contribution in [-0.2, 0) is 6.42 Å². The highest BCUT2D eigenvalue weighted by molar-refractivity contribution is 7.98. The fourth-order valence-corrected chi connectivity index (χ4v) is 1.94. The molecule has 22 heavy (non-hydrogen) atoms. The van der Waals surface area contributed by atoms with Gasteiger partial charge in [-0.25, -0.2) is 0 Å². The van der Waals surface area contributed by atoms with Crippen LogP contribution < -0.4 is 5.73 Å². The second-order valence-electron chi connectivity index (χ2n) is 4.41. The van der Waals surface area contributed by atoms with Gasteiger partial charge in [0.25, 0.3) is 0 Å². The van der Waals surface area contributed by atoms with Gasteiger partial charge in [-0.3, -0.25) is 0 Å². The molecule has 0 fully saturated rings. The Balaban J connectivity index is 0.000000470. The fraction of sp³-hybridized carbons (Fsp3) is 0.467. The van der Waals surface area contributed by atoms with Crippen LogP contribution in [-0.4, -0.2) is 53.4 Å². The Morgan fingerprint density at radius 2 is 2.00 bits per heavy atom. The van der Waals surface area contributed by atoms with E-state index in [0.717, 1.165) is 11.4 Å². The maximum Gasteiger partial charge on any atom is 0.226 e. The molecule has 0 aliphatic carbocycles. The maximum atomic E-state index is 9.25. The molecule has 0 bridgehead atoms. The van der Waals surface area contributed by atoms with Crippen LogP contribution in [0.1, 0.15) is 12.8 Å². The van der Waals surface area contributed by atoms with Crippen LogP contribution in [0.3, 0.4) is 0 Å². The maximum absolute atomic E-state index is 9.25. The number of hydrogen-bond acceptors (Lipinski definition) is 7. The third kappa shape index (κ3) is 8.02. The standard InChI is InChI=1S/C10H10N2O2.C4H11NS.CH5N/c1-2-9-11-10(12-14-9)7-4-3-5-8(13)6-7;1-5(2)4-6-3;1-2/h3-6,13H,2H2,1H3;4H2,1-3H3;2H2,1H3. The van der Waals surface area contributed by atoms with Gasteiger partial charge in [-0.15, -0.1) is 11.8 Å². The van der Waals surface area contributed by atoms with Gasteiger partial charge in [0.05, 0.1) is 0 Å². The van der Waals surface area contributed by atoms with Crippen molar-refractivity contribution in [2.45, 2.75) is 13.3 Å². The zero-order valence-corrected chi connectivity index (χ0v) is 14.7. The minimum Gasteiger partial charge on any atom is -0.508 e. The van der Waals surface area contributed by atoms with E-state index in [1.807, 2.05) is 24.8 Å². The molecule has 0 radical (unpaired) electrons. The lowest BCUT2D eigenvalue weighted by Crippen LogP contribution is -2.08. The van der Waals surface area contributed by atoms with E-state index in [-0.39, 0.29) is 5.75 Å². The normalized spacial score (nSPS) is 9.59. The number of rotatable bonds is 4. The average Bonchev–Trinajstić information content (AvgIpc) is 2.99. The van der Waals surface area contributed by atoms with Crippen molar-refractivity contribution in [1.82, 2.24) is 15.0 Å². The minimum atomic E-state index is 0.199. The van der Waals surface area contributed by atoms with E-state index >= 15 is 0 Å². The van der Waals surface area contributed by atoms with E-state index < -0.39 is 0 Å². The van der Waals surface area contributed by atoms with Gasteiger partial charge in [0, 0.05) is 17.9 Å². The van der Waals surface area contributed by atoms with Gasteiger partial charge in [-0.05, 0) is 39.5 Å². The SMILES string of the molecule is CCc1nc(-c2cccc(O)c2)no1.CN.CSCN(C)C. The zero-order chi connectivity index (χ0) is 17.0. The van der Waals surface area contributed by atoms with Crippen molar-refractivity contribution < 1.29 is 9.63 Å². The predicted molar refractivity (Wildman–Crippen MR) is 93.0 cm³/mol. The van der Waals surface area contributed by atoms with E-state index in [1.54, 1.807) is 18.2 Å². The van der Waals surface area contributed by atoms with Crippen molar-refractivity contribution in [2.75, 3.05) is 33.3 Å². The van der Waals surface area contributed by atoms with Gasteiger partial charge in [-0.2, -0.15) is 4.98 Å². The van der Waals surface area contributed by atoms with Gasteiger partial charge < -0.3 is 20.3 Å². The molecule has 2 rings (SSSR count). The van der Waals surface area contributed by atoms with Crippen LogP contribution in [0.5, 0.6) is 5.75 Å². The molecule has 0 aliphatic rings.